The molecular weight excluding hydrogens is 674 g/mol. The lowest BCUT2D eigenvalue weighted by atomic mass is 10.0. The molecule has 1 unspecified atom stereocenters. The maximum absolute atomic E-state index is 13.0. The summed E-state index contributed by atoms with van der Waals surface area (Å²) in [5.74, 6) is -0.478. The van der Waals surface area contributed by atoms with Gasteiger partial charge in [-0.25, -0.2) is 5.43 Å². The number of nitrogens with zero attached hydrogens (tertiary/aromatic N) is 3. The number of amides is 2. The van der Waals surface area contributed by atoms with E-state index in [0.29, 0.717) is 44.4 Å². The molecule has 1 atom stereocenters. The van der Waals surface area contributed by atoms with Gasteiger partial charge in [-0.1, -0.05) is 156 Å². The Kier molecular flexibility index (Phi) is 16.3. The van der Waals surface area contributed by atoms with Crippen LogP contribution in [0.15, 0.2) is 30.3 Å². The molecule has 2 amide bonds. The second-order valence-electron chi connectivity index (χ2n) is 13.1. The molecular formula is C37H52Cl4N4O2. The van der Waals surface area contributed by atoms with E-state index in [-0.39, 0.29) is 24.7 Å². The molecule has 260 valence electrons. The van der Waals surface area contributed by atoms with Crippen molar-refractivity contribution >= 4 is 69.6 Å². The zero-order valence-corrected chi connectivity index (χ0v) is 31.0. The van der Waals surface area contributed by atoms with Crippen LogP contribution in [0.25, 0.3) is 0 Å². The molecule has 1 N–H and O–H groups in total. The average Bonchev–Trinajstić information content (AvgIpc) is 3.64. The third kappa shape index (κ3) is 11.4. The predicted octanol–water partition coefficient (Wildman–Crippen LogP) is 11.7. The number of carbonyl (C=O) groups excluding carboxylic acids is 2. The van der Waals surface area contributed by atoms with Crippen LogP contribution in [0.2, 0.25) is 20.1 Å². The van der Waals surface area contributed by atoms with E-state index in [1.54, 1.807) is 17.1 Å². The number of carbonyl (C=O) groups is 2. The largest absolute Gasteiger partial charge is 0.303 e. The first-order chi connectivity index (χ1) is 22.8. The number of hydrazine groups is 2. The summed E-state index contributed by atoms with van der Waals surface area (Å²) in [5.41, 5.74) is 5.79. The van der Waals surface area contributed by atoms with Crippen molar-refractivity contribution in [2.75, 3.05) is 16.6 Å². The van der Waals surface area contributed by atoms with Gasteiger partial charge in [0.15, 0.2) is 0 Å². The van der Waals surface area contributed by atoms with Crippen molar-refractivity contribution < 1.29 is 9.59 Å². The van der Waals surface area contributed by atoms with Crippen molar-refractivity contribution in [1.29, 1.82) is 0 Å². The van der Waals surface area contributed by atoms with E-state index in [1.165, 1.54) is 101 Å². The molecule has 2 saturated heterocycles. The molecule has 6 nitrogen and oxygen atoms in total. The van der Waals surface area contributed by atoms with Gasteiger partial charge in [-0.15, -0.1) is 0 Å². The lowest BCUT2D eigenvalue weighted by molar-refractivity contribution is -0.139. The van der Waals surface area contributed by atoms with E-state index < -0.39 is 6.17 Å². The van der Waals surface area contributed by atoms with Crippen LogP contribution >= 0.6 is 46.4 Å². The summed E-state index contributed by atoms with van der Waals surface area (Å²) in [6, 6.07) is 9.23. The Morgan fingerprint density at radius 3 is 1.74 bits per heavy atom. The Labute approximate surface area is 302 Å². The fraction of sp³-hybridized carbons (Fsp3) is 0.622. The SMILES string of the molecule is CCCCCCCCCCCCCCCCCCc1ccc(Cl)c(N(C2CCN(c3c(Cl)cc(Cl)cc3Cl)N2)N2C(=O)CCC2=O)c1. The van der Waals surface area contributed by atoms with Gasteiger partial charge in [0.2, 0.25) is 11.8 Å². The number of unbranched alkanes of at least 4 members (excludes halogenated alkanes) is 15. The summed E-state index contributed by atoms with van der Waals surface area (Å²) in [7, 11) is 0. The number of halogens is 4. The van der Waals surface area contributed by atoms with Crippen molar-refractivity contribution in [2.45, 2.75) is 142 Å². The molecule has 47 heavy (non-hydrogen) atoms. The first kappa shape index (κ1) is 38.1. The minimum Gasteiger partial charge on any atom is -0.303 e. The van der Waals surface area contributed by atoms with E-state index in [1.807, 2.05) is 23.2 Å². The first-order valence-corrected chi connectivity index (χ1v) is 19.4. The molecule has 0 bridgehead atoms. The van der Waals surface area contributed by atoms with E-state index >= 15 is 0 Å². The van der Waals surface area contributed by atoms with Gasteiger partial charge in [-0.05, 0) is 42.7 Å². The smallest absolute Gasteiger partial charge is 0.248 e. The monoisotopic (exact) mass is 724 g/mol. The number of rotatable bonds is 21. The molecule has 0 saturated carbocycles. The van der Waals surface area contributed by atoms with Gasteiger partial charge in [0.25, 0.3) is 0 Å². The second kappa shape index (κ2) is 20.1. The number of hydrogen-bond donors (Lipinski definition) is 1. The zero-order chi connectivity index (χ0) is 33.6. The van der Waals surface area contributed by atoms with Crippen LogP contribution in [0.3, 0.4) is 0 Å². The molecule has 2 aromatic carbocycles. The number of aryl methyl sites for hydroxylation is 1. The van der Waals surface area contributed by atoms with Gasteiger partial charge in [-0.3, -0.25) is 14.6 Å². The Morgan fingerprint density at radius 2 is 1.21 bits per heavy atom. The molecule has 2 fully saturated rings. The highest BCUT2D eigenvalue weighted by molar-refractivity contribution is 6.41. The highest BCUT2D eigenvalue weighted by Crippen LogP contribution is 2.39. The van der Waals surface area contributed by atoms with Gasteiger partial charge < -0.3 is 5.01 Å². The molecule has 0 aliphatic carbocycles. The number of imide groups is 1. The van der Waals surface area contributed by atoms with Crippen molar-refractivity contribution in [3.8, 4) is 0 Å². The predicted molar refractivity (Wildman–Crippen MR) is 199 cm³/mol. The van der Waals surface area contributed by atoms with E-state index in [0.717, 1.165) is 18.4 Å². The molecule has 0 aromatic heterocycles. The summed E-state index contributed by atoms with van der Waals surface area (Å²) < 4.78 is 0. The summed E-state index contributed by atoms with van der Waals surface area (Å²) in [6.45, 7) is 2.83. The van der Waals surface area contributed by atoms with Crippen molar-refractivity contribution in [3.05, 3.63) is 56.0 Å². The van der Waals surface area contributed by atoms with Gasteiger partial charge in [0.1, 0.15) is 6.17 Å². The molecule has 0 radical (unpaired) electrons. The summed E-state index contributed by atoms with van der Waals surface area (Å²) in [6.07, 6.45) is 22.9. The van der Waals surface area contributed by atoms with Crippen LogP contribution in [-0.4, -0.2) is 29.5 Å². The fourth-order valence-corrected chi connectivity index (χ4v) is 7.92. The topological polar surface area (TPSA) is 55.9 Å². The molecule has 4 rings (SSSR count). The van der Waals surface area contributed by atoms with Crippen LogP contribution in [0.5, 0.6) is 0 Å². The van der Waals surface area contributed by atoms with E-state index in [9.17, 15) is 9.59 Å². The Hall–Kier alpha value is -1.70. The number of hydrogen-bond acceptors (Lipinski definition) is 5. The highest BCUT2D eigenvalue weighted by Gasteiger charge is 2.41. The maximum atomic E-state index is 13.0. The lowest BCUT2D eigenvalue weighted by Gasteiger charge is -2.38. The fourth-order valence-electron chi connectivity index (χ4n) is 6.69. The molecule has 2 aliphatic heterocycles. The van der Waals surface area contributed by atoms with Crippen LogP contribution < -0.4 is 15.4 Å². The average molecular weight is 727 g/mol. The Bertz CT molecular complexity index is 1270. The zero-order valence-electron chi connectivity index (χ0n) is 28.0. The standard InChI is InChI=1S/C37H52Cl4N4O2/c1-2-3-4-5-6-7-8-9-10-11-12-13-14-15-16-17-18-28-19-20-30(39)33(25-28)44(45-35(46)21-22-36(45)47)34-23-24-43(42-34)37-31(40)26-29(38)27-32(37)41/h19-20,25-27,34,42H,2-18,21-24H2,1H3. The molecule has 2 aliphatic rings. The number of anilines is 2. The number of nitrogens with one attached hydrogen (secondary N) is 1. The molecule has 10 heteroatoms. The summed E-state index contributed by atoms with van der Waals surface area (Å²) >= 11 is 25.9. The number of benzene rings is 2. The van der Waals surface area contributed by atoms with Crippen molar-refractivity contribution in [3.63, 3.8) is 0 Å². The van der Waals surface area contributed by atoms with Gasteiger partial charge in [-0.2, -0.15) is 5.01 Å². The Balaban J connectivity index is 1.26. The van der Waals surface area contributed by atoms with Crippen LogP contribution in [0.4, 0.5) is 11.4 Å². The van der Waals surface area contributed by atoms with E-state index in [2.05, 4.69) is 12.3 Å². The summed E-state index contributed by atoms with van der Waals surface area (Å²) in [4.78, 5) is 26.0. The summed E-state index contributed by atoms with van der Waals surface area (Å²) in [5, 5.41) is 6.58. The van der Waals surface area contributed by atoms with Gasteiger partial charge in [0.05, 0.1) is 26.4 Å². The molecule has 2 aromatic rings. The maximum Gasteiger partial charge on any atom is 0.248 e. The second-order valence-corrected chi connectivity index (χ2v) is 14.7. The molecule has 2 heterocycles. The first-order valence-electron chi connectivity index (χ1n) is 17.9. The van der Waals surface area contributed by atoms with Crippen LogP contribution in [0.1, 0.15) is 134 Å². The Morgan fingerprint density at radius 1 is 0.702 bits per heavy atom. The minimum atomic E-state index is -0.424. The van der Waals surface area contributed by atoms with E-state index in [4.69, 9.17) is 46.4 Å². The molecule has 0 spiro atoms. The highest BCUT2D eigenvalue weighted by atomic mass is 35.5. The van der Waals surface area contributed by atoms with Crippen LogP contribution in [0, 0.1) is 0 Å². The normalized spacial score (nSPS) is 16.6. The van der Waals surface area contributed by atoms with Crippen molar-refractivity contribution in [2.24, 2.45) is 0 Å². The van der Waals surface area contributed by atoms with Crippen molar-refractivity contribution in [1.82, 2.24) is 10.4 Å². The third-order valence-corrected chi connectivity index (χ3v) is 10.4. The quantitative estimate of drug-likeness (QED) is 0.103. The van der Waals surface area contributed by atoms with Gasteiger partial charge in [0, 0.05) is 30.8 Å². The van der Waals surface area contributed by atoms with Crippen LogP contribution in [-0.2, 0) is 16.0 Å². The minimum absolute atomic E-state index is 0.178. The van der Waals surface area contributed by atoms with Gasteiger partial charge >= 0.3 is 0 Å². The lowest BCUT2D eigenvalue weighted by Crippen LogP contribution is -2.56. The third-order valence-electron chi connectivity index (χ3n) is 9.29.